The van der Waals surface area contributed by atoms with Gasteiger partial charge in [-0.2, -0.15) is 15.1 Å². The minimum atomic E-state index is 0.487. The van der Waals surface area contributed by atoms with Crippen LogP contribution in [0, 0.1) is 13.8 Å². The monoisotopic (exact) mass is 410 g/mol. The second-order valence-corrected chi connectivity index (χ2v) is 7.46. The number of hydrogen-bond donors (Lipinski definition) is 2. The summed E-state index contributed by atoms with van der Waals surface area (Å²) in [7, 11) is 0. The summed E-state index contributed by atoms with van der Waals surface area (Å²) in [6, 6.07) is 20.1. The summed E-state index contributed by atoms with van der Waals surface area (Å²) in [5.41, 5.74) is 5.00. The standard InChI is InChI=1S/C24H22N6O/c1-16-11-17(2)13-18(12-16)27-22-21-15-26-30(19-7-4-3-5-8-19)23(21)29-24(28-22)25-14-20-9-6-10-31-20/h3-13,15H,14H2,1-2H3,(H2,25,27,28,29). The highest BCUT2D eigenvalue weighted by molar-refractivity contribution is 5.90. The molecule has 0 saturated heterocycles. The number of para-hydroxylation sites is 1. The average molecular weight is 410 g/mol. The molecule has 7 heteroatoms. The Kier molecular flexibility index (Phi) is 4.84. The van der Waals surface area contributed by atoms with Gasteiger partial charge in [-0.05, 0) is 61.4 Å². The molecule has 154 valence electrons. The predicted molar refractivity (Wildman–Crippen MR) is 122 cm³/mol. The first-order valence-corrected chi connectivity index (χ1v) is 10.1. The summed E-state index contributed by atoms with van der Waals surface area (Å²) in [6.45, 7) is 4.65. The first-order valence-electron chi connectivity index (χ1n) is 10.1. The SMILES string of the molecule is Cc1cc(C)cc(Nc2nc(NCc3ccco3)nc3c2cnn3-c2ccccc2)c1. The van der Waals surface area contributed by atoms with Crippen LogP contribution in [0.25, 0.3) is 16.7 Å². The minimum absolute atomic E-state index is 0.487. The lowest BCUT2D eigenvalue weighted by molar-refractivity contribution is 0.517. The Balaban J connectivity index is 1.59. The molecule has 0 atom stereocenters. The van der Waals surface area contributed by atoms with Gasteiger partial charge in [0.15, 0.2) is 5.65 Å². The molecular weight excluding hydrogens is 388 g/mol. The molecule has 0 amide bonds. The quantitative estimate of drug-likeness (QED) is 0.391. The van der Waals surface area contributed by atoms with Gasteiger partial charge in [0.25, 0.3) is 0 Å². The van der Waals surface area contributed by atoms with Crippen molar-refractivity contribution in [2.24, 2.45) is 0 Å². The maximum absolute atomic E-state index is 5.42. The van der Waals surface area contributed by atoms with Crippen molar-refractivity contribution in [3.05, 3.63) is 90.0 Å². The Hall–Kier alpha value is -4.13. The number of benzene rings is 2. The summed E-state index contributed by atoms with van der Waals surface area (Å²) in [5, 5.41) is 12.1. The minimum Gasteiger partial charge on any atom is -0.467 e. The van der Waals surface area contributed by atoms with Crippen molar-refractivity contribution in [1.82, 2.24) is 19.7 Å². The average Bonchev–Trinajstić information content (AvgIpc) is 3.42. The molecule has 5 rings (SSSR count). The van der Waals surface area contributed by atoms with Gasteiger partial charge in [-0.25, -0.2) is 4.68 Å². The molecule has 2 N–H and O–H groups in total. The van der Waals surface area contributed by atoms with Gasteiger partial charge in [0.05, 0.1) is 30.1 Å². The Morgan fingerprint density at radius 2 is 1.74 bits per heavy atom. The Morgan fingerprint density at radius 3 is 2.48 bits per heavy atom. The van der Waals surface area contributed by atoms with Crippen molar-refractivity contribution in [3.63, 3.8) is 0 Å². The first kappa shape index (κ1) is 18.9. The zero-order valence-corrected chi connectivity index (χ0v) is 17.3. The van der Waals surface area contributed by atoms with Crippen LogP contribution in [-0.2, 0) is 6.54 Å². The molecule has 0 unspecified atom stereocenters. The number of fused-ring (bicyclic) bond motifs is 1. The van der Waals surface area contributed by atoms with E-state index < -0.39 is 0 Å². The summed E-state index contributed by atoms with van der Waals surface area (Å²) < 4.78 is 7.24. The Bertz CT molecular complexity index is 1310. The predicted octanol–water partition coefficient (Wildman–Crippen LogP) is 5.38. The number of aromatic nitrogens is 4. The number of anilines is 3. The highest BCUT2D eigenvalue weighted by Crippen LogP contribution is 2.28. The van der Waals surface area contributed by atoms with E-state index >= 15 is 0 Å². The zero-order chi connectivity index (χ0) is 21.2. The van der Waals surface area contributed by atoms with Crippen LogP contribution in [0.2, 0.25) is 0 Å². The van der Waals surface area contributed by atoms with Gasteiger partial charge in [0, 0.05) is 5.69 Å². The van der Waals surface area contributed by atoms with E-state index in [0.717, 1.165) is 28.2 Å². The molecule has 3 aromatic heterocycles. The largest absolute Gasteiger partial charge is 0.467 e. The summed E-state index contributed by atoms with van der Waals surface area (Å²) in [5.74, 6) is 2.00. The van der Waals surface area contributed by atoms with Crippen molar-refractivity contribution < 1.29 is 4.42 Å². The Labute approximate surface area is 179 Å². The molecule has 0 fully saturated rings. The fourth-order valence-electron chi connectivity index (χ4n) is 3.60. The van der Waals surface area contributed by atoms with Crippen molar-refractivity contribution in [2.75, 3.05) is 10.6 Å². The molecule has 0 spiro atoms. The third kappa shape index (κ3) is 3.98. The lowest BCUT2D eigenvalue weighted by Gasteiger charge is -2.12. The molecule has 0 saturated carbocycles. The molecule has 5 aromatic rings. The van der Waals surface area contributed by atoms with Gasteiger partial charge in [-0.3, -0.25) is 0 Å². The van der Waals surface area contributed by atoms with E-state index in [-0.39, 0.29) is 0 Å². The third-order valence-electron chi connectivity index (χ3n) is 4.91. The second kappa shape index (κ2) is 7.95. The molecule has 0 aliphatic heterocycles. The highest BCUT2D eigenvalue weighted by atomic mass is 16.3. The summed E-state index contributed by atoms with van der Waals surface area (Å²) in [4.78, 5) is 9.48. The number of rotatable bonds is 6. The lowest BCUT2D eigenvalue weighted by atomic mass is 10.1. The van der Waals surface area contributed by atoms with Gasteiger partial charge < -0.3 is 15.1 Å². The van der Waals surface area contributed by atoms with Crippen molar-refractivity contribution in [3.8, 4) is 5.69 Å². The van der Waals surface area contributed by atoms with E-state index in [2.05, 4.69) is 47.8 Å². The number of hydrogen-bond acceptors (Lipinski definition) is 6. The topological polar surface area (TPSA) is 80.8 Å². The smallest absolute Gasteiger partial charge is 0.227 e. The third-order valence-corrected chi connectivity index (χ3v) is 4.91. The molecule has 0 bridgehead atoms. The molecule has 0 aliphatic rings. The van der Waals surface area contributed by atoms with E-state index in [4.69, 9.17) is 14.4 Å². The van der Waals surface area contributed by atoms with E-state index in [9.17, 15) is 0 Å². The van der Waals surface area contributed by atoms with Crippen LogP contribution in [0.1, 0.15) is 16.9 Å². The second-order valence-electron chi connectivity index (χ2n) is 7.46. The van der Waals surface area contributed by atoms with E-state index in [1.807, 2.05) is 47.1 Å². The number of nitrogens with zero attached hydrogens (tertiary/aromatic N) is 4. The van der Waals surface area contributed by atoms with Crippen LogP contribution in [0.5, 0.6) is 0 Å². The zero-order valence-electron chi connectivity index (χ0n) is 17.3. The first-order chi connectivity index (χ1) is 15.2. The lowest BCUT2D eigenvalue weighted by Crippen LogP contribution is -2.07. The molecule has 2 aromatic carbocycles. The van der Waals surface area contributed by atoms with Gasteiger partial charge in [-0.15, -0.1) is 0 Å². The van der Waals surface area contributed by atoms with Crippen molar-refractivity contribution >= 4 is 28.5 Å². The molecule has 0 radical (unpaired) electrons. The van der Waals surface area contributed by atoms with Crippen molar-refractivity contribution in [2.45, 2.75) is 20.4 Å². The number of nitrogens with one attached hydrogen (secondary N) is 2. The molecule has 7 nitrogen and oxygen atoms in total. The fraction of sp³-hybridized carbons (Fsp3) is 0.125. The van der Waals surface area contributed by atoms with Crippen molar-refractivity contribution in [1.29, 1.82) is 0 Å². The molecule has 31 heavy (non-hydrogen) atoms. The van der Waals surface area contributed by atoms with Crippen LogP contribution in [0.3, 0.4) is 0 Å². The molecule has 0 aliphatic carbocycles. The van der Waals surface area contributed by atoms with E-state index in [1.165, 1.54) is 11.1 Å². The normalized spacial score (nSPS) is 11.0. The van der Waals surface area contributed by atoms with Gasteiger partial charge >= 0.3 is 0 Å². The van der Waals surface area contributed by atoms with Gasteiger partial charge in [-0.1, -0.05) is 24.3 Å². The van der Waals surface area contributed by atoms with E-state index in [0.29, 0.717) is 18.3 Å². The van der Waals surface area contributed by atoms with E-state index in [1.54, 1.807) is 12.5 Å². The van der Waals surface area contributed by atoms with Crippen LogP contribution in [0.4, 0.5) is 17.5 Å². The van der Waals surface area contributed by atoms with Gasteiger partial charge in [0.2, 0.25) is 5.95 Å². The van der Waals surface area contributed by atoms with Crippen LogP contribution in [0.15, 0.2) is 77.5 Å². The van der Waals surface area contributed by atoms with Gasteiger partial charge in [0.1, 0.15) is 11.6 Å². The maximum Gasteiger partial charge on any atom is 0.227 e. The fourth-order valence-corrected chi connectivity index (χ4v) is 3.60. The number of aryl methyl sites for hydroxylation is 2. The highest BCUT2D eigenvalue weighted by Gasteiger charge is 2.15. The number of furan rings is 1. The molecule has 3 heterocycles. The molecular formula is C24H22N6O. The van der Waals surface area contributed by atoms with Crippen LogP contribution in [-0.4, -0.2) is 19.7 Å². The van der Waals surface area contributed by atoms with Crippen LogP contribution >= 0.6 is 0 Å². The summed E-state index contributed by atoms with van der Waals surface area (Å²) >= 11 is 0. The van der Waals surface area contributed by atoms with Crippen LogP contribution < -0.4 is 10.6 Å². The summed E-state index contributed by atoms with van der Waals surface area (Å²) in [6.07, 6.45) is 3.45. The Morgan fingerprint density at radius 1 is 0.935 bits per heavy atom. The maximum atomic E-state index is 5.42.